The van der Waals surface area contributed by atoms with Gasteiger partial charge in [0.2, 0.25) is 0 Å². The maximum absolute atomic E-state index is 12.9. The Morgan fingerprint density at radius 3 is 2.48 bits per heavy atom. The van der Waals surface area contributed by atoms with Crippen LogP contribution in [0.5, 0.6) is 0 Å². The molecule has 0 spiro atoms. The summed E-state index contributed by atoms with van der Waals surface area (Å²) in [5.41, 5.74) is 0. The number of hydrogen-bond donors (Lipinski definition) is 2. The van der Waals surface area contributed by atoms with Crippen molar-refractivity contribution in [1.29, 1.82) is 0 Å². The van der Waals surface area contributed by atoms with Crippen molar-refractivity contribution in [1.82, 2.24) is 13.9 Å². The van der Waals surface area contributed by atoms with E-state index < -0.39 is 10.2 Å². The first-order valence-corrected chi connectivity index (χ1v) is 9.42. The average Bonchev–Trinajstić information content (AvgIpc) is 2.90. The molecule has 2 saturated heterocycles. The van der Waals surface area contributed by atoms with Crippen molar-refractivity contribution in [2.45, 2.75) is 39.2 Å². The Kier molecular flexibility index (Phi) is 6.02. The molecule has 21 heavy (non-hydrogen) atoms. The molecule has 7 heteroatoms. The second-order valence-electron chi connectivity index (χ2n) is 6.65. The van der Waals surface area contributed by atoms with E-state index in [1.165, 1.54) is 4.31 Å². The zero-order valence-electron chi connectivity index (χ0n) is 13.2. The molecular weight excluding hydrogens is 290 g/mol. The molecule has 0 aliphatic carbocycles. The summed E-state index contributed by atoms with van der Waals surface area (Å²) in [7, 11) is -3.47. The largest absolute Gasteiger partial charge is 0.395 e. The fourth-order valence-corrected chi connectivity index (χ4v) is 5.42. The molecule has 124 valence electrons. The highest BCUT2D eigenvalue weighted by molar-refractivity contribution is 7.86. The topological polar surface area (TPSA) is 72.9 Å². The fourth-order valence-electron chi connectivity index (χ4n) is 3.53. The van der Waals surface area contributed by atoms with Crippen molar-refractivity contribution in [3.8, 4) is 0 Å². The van der Waals surface area contributed by atoms with Gasteiger partial charge in [0.15, 0.2) is 0 Å². The first kappa shape index (κ1) is 17.1. The zero-order valence-corrected chi connectivity index (χ0v) is 14.0. The van der Waals surface area contributed by atoms with E-state index in [4.69, 9.17) is 0 Å². The first-order chi connectivity index (χ1) is 9.93. The van der Waals surface area contributed by atoms with Crippen molar-refractivity contribution in [3.63, 3.8) is 0 Å². The van der Waals surface area contributed by atoms with Gasteiger partial charge in [0.25, 0.3) is 10.2 Å². The molecule has 2 N–H and O–H groups in total. The maximum Gasteiger partial charge on any atom is 0.282 e. The molecule has 0 amide bonds. The van der Waals surface area contributed by atoms with E-state index in [0.717, 1.165) is 25.8 Å². The van der Waals surface area contributed by atoms with Gasteiger partial charge in [0.1, 0.15) is 0 Å². The van der Waals surface area contributed by atoms with Gasteiger partial charge >= 0.3 is 0 Å². The van der Waals surface area contributed by atoms with Crippen LogP contribution in [0.1, 0.15) is 33.1 Å². The Morgan fingerprint density at radius 2 is 1.95 bits per heavy atom. The predicted octanol–water partition coefficient (Wildman–Crippen LogP) is 0.255. The normalized spacial score (nSPS) is 31.9. The number of rotatable bonds is 6. The number of hydrogen-bond acceptors (Lipinski definition) is 4. The second-order valence-corrected chi connectivity index (χ2v) is 8.57. The summed E-state index contributed by atoms with van der Waals surface area (Å²) in [5.74, 6) is 0.785. The monoisotopic (exact) mass is 319 g/mol. The van der Waals surface area contributed by atoms with Crippen LogP contribution in [0.25, 0.3) is 0 Å². The second kappa shape index (κ2) is 7.37. The molecule has 2 rings (SSSR count). The van der Waals surface area contributed by atoms with E-state index in [-0.39, 0.29) is 19.2 Å². The van der Waals surface area contributed by atoms with Gasteiger partial charge in [-0.2, -0.15) is 17.0 Å². The molecule has 0 radical (unpaired) electrons. The molecular formula is C14H29N3O3S. The molecule has 2 aliphatic rings. The molecule has 2 aliphatic heterocycles. The SMILES string of the molecule is CC1CC(C)CN(S(=O)(=O)N(CCO)CC2CCCN2)C1. The summed E-state index contributed by atoms with van der Waals surface area (Å²) in [4.78, 5) is 0. The molecule has 0 bridgehead atoms. The van der Waals surface area contributed by atoms with Crippen molar-refractivity contribution >= 4 is 10.2 Å². The minimum Gasteiger partial charge on any atom is -0.395 e. The third kappa shape index (κ3) is 4.39. The van der Waals surface area contributed by atoms with Crippen molar-refractivity contribution in [3.05, 3.63) is 0 Å². The Morgan fingerprint density at radius 1 is 1.29 bits per heavy atom. The molecule has 0 aromatic rings. The van der Waals surface area contributed by atoms with Crippen molar-refractivity contribution in [2.75, 3.05) is 39.3 Å². The van der Waals surface area contributed by atoms with Gasteiger partial charge in [-0.15, -0.1) is 0 Å². The first-order valence-electron chi connectivity index (χ1n) is 8.03. The van der Waals surface area contributed by atoms with Crippen LogP contribution in [0.2, 0.25) is 0 Å². The third-order valence-corrected chi connectivity index (χ3v) is 6.36. The van der Waals surface area contributed by atoms with Gasteiger partial charge in [-0.1, -0.05) is 13.8 Å². The number of piperidine rings is 1. The van der Waals surface area contributed by atoms with Gasteiger partial charge in [-0.05, 0) is 37.6 Å². The lowest BCUT2D eigenvalue weighted by molar-refractivity contribution is 0.195. The Labute approximate surface area is 128 Å². The molecule has 3 atom stereocenters. The fraction of sp³-hybridized carbons (Fsp3) is 1.00. The molecule has 2 fully saturated rings. The van der Waals surface area contributed by atoms with Crippen LogP contribution in [-0.2, 0) is 10.2 Å². The van der Waals surface area contributed by atoms with Crippen LogP contribution in [0.3, 0.4) is 0 Å². The molecule has 2 heterocycles. The van der Waals surface area contributed by atoms with Crippen LogP contribution in [0.15, 0.2) is 0 Å². The molecule has 0 aromatic heterocycles. The molecule has 0 aromatic carbocycles. The van der Waals surface area contributed by atoms with Gasteiger partial charge in [0, 0.05) is 32.2 Å². The standard InChI is InChI=1S/C14H29N3O3S/c1-12-8-13(2)10-17(9-12)21(19,20)16(6-7-18)11-14-4-3-5-15-14/h12-15,18H,3-11H2,1-2H3. The number of nitrogens with zero attached hydrogens (tertiary/aromatic N) is 2. The lowest BCUT2D eigenvalue weighted by Gasteiger charge is -2.37. The number of aliphatic hydroxyl groups is 1. The minimum atomic E-state index is -3.47. The maximum atomic E-state index is 12.9. The van der Waals surface area contributed by atoms with E-state index >= 15 is 0 Å². The lowest BCUT2D eigenvalue weighted by Crippen LogP contribution is -2.52. The van der Waals surface area contributed by atoms with Crippen molar-refractivity contribution in [2.24, 2.45) is 11.8 Å². The Bertz CT molecular complexity index is 413. The van der Waals surface area contributed by atoms with Crippen LogP contribution in [0, 0.1) is 11.8 Å². The van der Waals surface area contributed by atoms with Crippen molar-refractivity contribution < 1.29 is 13.5 Å². The third-order valence-electron chi connectivity index (χ3n) is 4.42. The van der Waals surface area contributed by atoms with Crippen LogP contribution < -0.4 is 5.32 Å². The Balaban J connectivity index is 2.08. The summed E-state index contributed by atoms with van der Waals surface area (Å²) < 4.78 is 28.8. The molecule has 6 nitrogen and oxygen atoms in total. The summed E-state index contributed by atoms with van der Waals surface area (Å²) in [6.07, 6.45) is 3.18. The average molecular weight is 319 g/mol. The van der Waals surface area contributed by atoms with Gasteiger partial charge in [-0.3, -0.25) is 0 Å². The van der Waals surface area contributed by atoms with E-state index in [2.05, 4.69) is 19.2 Å². The van der Waals surface area contributed by atoms with Gasteiger partial charge < -0.3 is 10.4 Å². The van der Waals surface area contributed by atoms with Crippen LogP contribution >= 0.6 is 0 Å². The minimum absolute atomic E-state index is 0.134. The lowest BCUT2D eigenvalue weighted by atomic mass is 9.94. The van der Waals surface area contributed by atoms with Gasteiger partial charge in [0.05, 0.1) is 6.61 Å². The van der Waals surface area contributed by atoms with E-state index in [9.17, 15) is 13.5 Å². The molecule has 3 unspecified atom stereocenters. The zero-order chi connectivity index (χ0) is 15.5. The predicted molar refractivity (Wildman–Crippen MR) is 83.1 cm³/mol. The van der Waals surface area contributed by atoms with Gasteiger partial charge in [-0.25, -0.2) is 0 Å². The number of aliphatic hydroxyl groups excluding tert-OH is 1. The van der Waals surface area contributed by atoms with Crippen LogP contribution in [0.4, 0.5) is 0 Å². The molecule has 0 saturated carbocycles. The van der Waals surface area contributed by atoms with Crippen LogP contribution in [-0.4, -0.2) is 67.5 Å². The van der Waals surface area contributed by atoms with E-state index in [1.54, 1.807) is 4.31 Å². The summed E-state index contributed by atoms with van der Waals surface area (Å²) >= 11 is 0. The highest BCUT2D eigenvalue weighted by Gasteiger charge is 2.35. The summed E-state index contributed by atoms with van der Waals surface area (Å²) in [5, 5.41) is 12.6. The highest BCUT2D eigenvalue weighted by atomic mass is 32.2. The highest BCUT2D eigenvalue weighted by Crippen LogP contribution is 2.25. The Hall–Kier alpha value is -0.210. The number of nitrogens with one attached hydrogen (secondary N) is 1. The summed E-state index contributed by atoms with van der Waals surface area (Å²) in [6, 6.07) is 0.214. The smallest absolute Gasteiger partial charge is 0.282 e. The van der Waals surface area contributed by atoms with E-state index in [1.807, 2.05) is 0 Å². The van der Waals surface area contributed by atoms with E-state index in [0.29, 0.717) is 31.5 Å². The summed E-state index contributed by atoms with van der Waals surface area (Å²) in [6.45, 7) is 6.85. The quantitative estimate of drug-likeness (QED) is 0.736.